The number of methoxy groups -OCH3 is 1. The van der Waals surface area contributed by atoms with Crippen LogP contribution in [0.25, 0.3) is 0 Å². The van der Waals surface area contributed by atoms with Crippen molar-refractivity contribution >= 4 is 34.7 Å². The van der Waals surface area contributed by atoms with E-state index in [0.29, 0.717) is 23.9 Å². The summed E-state index contributed by atoms with van der Waals surface area (Å²) >= 11 is 7.71. The summed E-state index contributed by atoms with van der Waals surface area (Å²) in [6.07, 6.45) is 1.76. The minimum atomic E-state index is -0.275. The van der Waals surface area contributed by atoms with Crippen LogP contribution in [-0.4, -0.2) is 24.7 Å². The molecule has 1 unspecified atom stereocenters. The average molecular weight is 340 g/mol. The highest BCUT2D eigenvalue weighted by atomic mass is 35.5. The summed E-state index contributed by atoms with van der Waals surface area (Å²) in [5, 5.41) is 9.14. The van der Waals surface area contributed by atoms with Crippen LogP contribution in [0.5, 0.6) is 0 Å². The third-order valence-electron chi connectivity index (χ3n) is 3.10. The Kier molecular flexibility index (Phi) is 6.18. The van der Waals surface area contributed by atoms with Gasteiger partial charge in [-0.25, -0.2) is 9.78 Å². The molecule has 1 heterocycles. The molecule has 118 valence electrons. The number of halogens is 1. The van der Waals surface area contributed by atoms with E-state index in [1.807, 2.05) is 12.3 Å². The molecule has 2 aromatic rings. The molecule has 0 aliphatic heterocycles. The summed E-state index contributed by atoms with van der Waals surface area (Å²) in [4.78, 5) is 16.3. The molecule has 2 amide bonds. The van der Waals surface area contributed by atoms with Crippen LogP contribution < -0.4 is 10.6 Å². The van der Waals surface area contributed by atoms with Crippen molar-refractivity contribution in [3.8, 4) is 0 Å². The Balaban J connectivity index is 1.93. The molecule has 5 nitrogen and oxygen atoms in total. The molecule has 22 heavy (non-hydrogen) atoms. The maximum absolute atomic E-state index is 12.0. The van der Waals surface area contributed by atoms with Gasteiger partial charge in [0.05, 0.1) is 11.6 Å². The highest BCUT2D eigenvalue weighted by molar-refractivity contribution is 7.09. The molecule has 2 rings (SSSR count). The number of hydrogen-bond donors (Lipinski definition) is 2. The van der Waals surface area contributed by atoms with E-state index in [0.717, 1.165) is 10.6 Å². The van der Waals surface area contributed by atoms with Crippen molar-refractivity contribution < 1.29 is 9.53 Å². The largest absolute Gasteiger partial charge is 0.380 e. The summed E-state index contributed by atoms with van der Waals surface area (Å²) in [5.74, 6) is 0.170. The lowest BCUT2D eigenvalue weighted by molar-refractivity contribution is 0.185. The normalized spacial score (nSPS) is 12.0. The Morgan fingerprint density at radius 1 is 1.50 bits per heavy atom. The Hall–Kier alpha value is -1.63. The van der Waals surface area contributed by atoms with Gasteiger partial charge in [0.1, 0.15) is 0 Å². The first kappa shape index (κ1) is 16.7. The van der Waals surface area contributed by atoms with Crippen molar-refractivity contribution in [2.24, 2.45) is 0 Å². The molecule has 0 fully saturated rings. The van der Waals surface area contributed by atoms with Gasteiger partial charge in [-0.3, -0.25) is 0 Å². The molecule has 1 aromatic heterocycles. The molecule has 0 aliphatic carbocycles. The molecule has 0 radical (unpaired) electrons. The summed E-state index contributed by atoms with van der Waals surface area (Å²) in [6.45, 7) is 2.87. The number of nitrogens with one attached hydrogen (secondary N) is 2. The highest BCUT2D eigenvalue weighted by Gasteiger charge is 2.12. The molecule has 7 heteroatoms. The van der Waals surface area contributed by atoms with Crippen molar-refractivity contribution in [2.45, 2.75) is 19.4 Å². The minimum Gasteiger partial charge on any atom is -0.380 e. The quantitative estimate of drug-likeness (QED) is 0.839. The van der Waals surface area contributed by atoms with Gasteiger partial charge in [0.15, 0.2) is 0 Å². The van der Waals surface area contributed by atoms with Crippen molar-refractivity contribution in [3.05, 3.63) is 45.4 Å². The maximum atomic E-state index is 12.0. The summed E-state index contributed by atoms with van der Waals surface area (Å²) in [7, 11) is 1.59. The number of thiazole rings is 1. The third-order valence-corrected chi connectivity index (χ3v) is 4.46. The van der Waals surface area contributed by atoms with Gasteiger partial charge in [-0.2, -0.15) is 0 Å². The number of carbonyl (C=O) groups excluding carboxylic acids is 1. The van der Waals surface area contributed by atoms with E-state index < -0.39 is 0 Å². The van der Waals surface area contributed by atoms with Crippen LogP contribution in [0.4, 0.5) is 10.5 Å². The summed E-state index contributed by atoms with van der Waals surface area (Å²) < 4.78 is 5.12. The van der Waals surface area contributed by atoms with Crippen LogP contribution in [0.15, 0.2) is 29.8 Å². The van der Waals surface area contributed by atoms with E-state index in [1.165, 1.54) is 0 Å². The molecule has 0 saturated carbocycles. The van der Waals surface area contributed by atoms with Crippen LogP contribution in [0, 0.1) is 0 Å². The molecular weight excluding hydrogens is 322 g/mol. The van der Waals surface area contributed by atoms with Gasteiger partial charge in [0.25, 0.3) is 0 Å². The van der Waals surface area contributed by atoms with Gasteiger partial charge in [-0.05, 0) is 12.1 Å². The first-order valence-corrected chi connectivity index (χ1v) is 8.08. The third kappa shape index (κ3) is 4.43. The number of urea groups is 1. The first-order chi connectivity index (χ1) is 10.6. The minimum absolute atomic E-state index is 0.170. The van der Waals surface area contributed by atoms with Crippen molar-refractivity contribution in [3.63, 3.8) is 0 Å². The second kappa shape index (κ2) is 8.12. The Labute approximate surface area is 138 Å². The zero-order valence-electron chi connectivity index (χ0n) is 12.4. The number of nitrogens with zero attached hydrogens (tertiary/aromatic N) is 1. The lowest BCUT2D eigenvalue weighted by Crippen LogP contribution is -2.32. The predicted molar refractivity (Wildman–Crippen MR) is 89.7 cm³/mol. The maximum Gasteiger partial charge on any atom is 0.319 e. The van der Waals surface area contributed by atoms with Crippen LogP contribution in [0.3, 0.4) is 0 Å². The Bertz CT molecular complexity index is 619. The fourth-order valence-electron chi connectivity index (χ4n) is 1.94. The van der Waals surface area contributed by atoms with Crippen LogP contribution >= 0.6 is 22.9 Å². The Morgan fingerprint density at radius 3 is 3.00 bits per heavy atom. The van der Waals surface area contributed by atoms with Gasteiger partial charge >= 0.3 is 6.03 Å². The van der Waals surface area contributed by atoms with E-state index in [4.69, 9.17) is 16.3 Å². The van der Waals surface area contributed by atoms with Crippen molar-refractivity contribution in [2.75, 3.05) is 19.0 Å². The number of amides is 2. The lowest BCUT2D eigenvalue weighted by Gasteiger charge is -2.14. The molecule has 1 atom stereocenters. The van der Waals surface area contributed by atoms with E-state index in [1.54, 1.807) is 42.8 Å². The summed E-state index contributed by atoms with van der Waals surface area (Å²) in [6, 6.07) is 5.08. The molecule has 0 aliphatic rings. The lowest BCUT2D eigenvalue weighted by atomic mass is 10.2. The van der Waals surface area contributed by atoms with E-state index in [-0.39, 0.29) is 11.9 Å². The van der Waals surface area contributed by atoms with Crippen molar-refractivity contribution in [1.82, 2.24) is 10.3 Å². The Morgan fingerprint density at radius 2 is 2.32 bits per heavy atom. The van der Waals surface area contributed by atoms with Gasteiger partial charge in [0, 0.05) is 47.4 Å². The zero-order chi connectivity index (χ0) is 15.9. The summed E-state index contributed by atoms with van der Waals surface area (Å²) in [5.41, 5.74) is 1.41. The fourth-order valence-corrected chi connectivity index (χ4v) is 2.87. The number of carbonyl (C=O) groups is 1. The van der Waals surface area contributed by atoms with Crippen molar-refractivity contribution in [1.29, 1.82) is 0 Å². The molecule has 0 saturated heterocycles. The number of rotatable bonds is 6. The molecule has 2 N–H and O–H groups in total. The second-order valence-corrected chi connectivity index (χ2v) is 6.14. The topological polar surface area (TPSA) is 63.2 Å². The van der Waals surface area contributed by atoms with Gasteiger partial charge in [0.2, 0.25) is 0 Å². The van der Waals surface area contributed by atoms with Crippen LogP contribution in [0.1, 0.15) is 23.4 Å². The van der Waals surface area contributed by atoms with Crippen LogP contribution in [0.2, 0.25) is 5.02 Å². The predicted octanol–water partition coefficient (Wildman–Crippen LogP) is 3.87. The zero-order valence-corrected chi connectivity index (χ0v) is 14.0. The van der Waals surface area contributed by atoms with E-state index >= 15 is 0 Å². The van der Waals surface area contributed by atoms with Crippen LogP contribution in [-0.2, 0) is 11.3 Å². The SMILES string of the molecule is COCc1c(Cl)cccc1NC(=O)NCC(C)c1nccs1. The number of ether oxygens (including phenoxy) is 1. The monoisotopic (exact) mass is 339 g/mol. The number of hydrogen-bond acceptors (Lipinski definition) is 4. The van der Waals surface area contributed by atoms with E-state index in [2.05, 4.69) is 15.6 Å². The molecule has 0 spiro atoms. The molecule has 0 bridgehead atoms. The fraction of sp³-hybridized carbons (Fsp3) is 0.333. The standard InChI is InChI=1S/C15H18ClN3O2S/c1-10(14-17-6-7-22-14)8-18-15(20)19-13-5-3-4-12(16)11(13)9-21-2/h3-7,10H,8-9H2,1-2H3,(H2,18,19,20). The number of anilines is 1. The number of benzene rings is 1. The average Bonchev–Trinajstić information content (AvgIpc) is 3.03. The van der Waals surface area contributed by atoms with Gasteiger partial charge < -0.3 is 15.4 Å². The smallest absolute Gasteiger partial charge is 0.319 e. The van der Waals surface area contributed by atoms with E-state index in [9.17, 15) is 4.79 Å². The van der Waals surface area contributed by atoms with Gasteiger partial charge in [-0.15, -0.1) is 11.3 Å². The molecular formula is C15H18ClN3O2S. The van der Waals surface area contributed by atoms with Gasteiger partial charge in [-0.1, -0.05) is 24.6 Å². The molecule has 1 aromatic carbocycles. The highest BCUT2D eigenvalue weighted by Crippen LogP contribution is 2.25. The first-order valence-electron chi connectivity index (χ1n) is 6.82. The second-order valence-electron chi connectivity index (χ2n) is 4.81. The number of aromatic nitrogens is 1.